The van der Waals surface area contributed by atoms with Crippen LogP contribution in [-0.4, -0.2) is 6.88 Å². The monoisotopic (exact) mass is 540 g/mol. The molecule has 5 aromatic carbocycles. The van der Waals surface area contributed by atoms with Crippen molar-refractivity contribution < 1.29 is 23.3 Å². The van der Waals surface area contributed by atoms with Crippen LogP contribution in [0, 0.1) is 21.8 Å². The second-order valence-corrected chi connectivity index (χ2v) is 6.30. The molecule has 0 N–H and O–H groups in total. The minimum Gasteiger partial charge on any atom is -0.168 e. The van der Waals surface area contributed by atoms with Crippen LogP contribution >= 0.6 is 24.8 Å². The van der Waals surface area contributed by atoms with Gasteiger partial charge in [0.2, 0.25) is 0 Å². The fraction of sp³-hybridized carbons (Fsp3) is 0.0370. The first-order valence-electron chi connectivity index (χ1n) is 8.89. The van der Waals surface area contributed by atoms with E-state index < -0.39 is 0 Å². The van der Waals surface area contributed by atoms with Crippen LogP contribution in [0.1, 0.15) is 5.56 Å². The summed E-state index contributed by atoms with van der Waals surface area (Å²) in [6.45, 7) is 5.20. The molecule has 0 unspecified atom stereocenters. The van der Waals surface area contributed by atoms with Crippen LogP contribution in [0.5, 0.6) is 0 Å². The van der Waals surface area contributed by atoms with Gasteiger partial charge in [0, 0.05) is 0 Å². The molecule has 4 heteroatoms. The molecule has 0 aliphatic heterocycles. The van der Waals surface area contributed by atoms with Gasteiger partial charge in [-0.15, -0.1) is 82.8 Å². The summed E-state index contributed by atoms with van der Waals surface area (Å²) in [5.74, 6) is 0. The van der Waals surface area contributed by atoms with Crippen LogP contribution in [0.2, 0.25) is 0 Å². The van der Waals surface area contributed by atoms with Crippen LogP contribution in [0.25, 0.3) is 32.7 Å². The second-order valence-electron chi connectivity index (χ2n) is 6.30. The van der Waals surface area contributed by atoms with E-state index in [-0.39, 0.29) is 39.7 Å². The molecular weight excluding hydrogens is 515 g/mol. The fourth-order valence-corrected chi connectivity index (χ4v) is 3.36. The molecule has 0 spiro atoms. The molecule has 0 saturated carbocycles. The van der Waals surface area contributed by atoms with Gasteiger partial charge in [0.25, 0.3) is 0 Å². The Morgan fingerprint density at radius 3 is 1.71 bits per heavy atom. The van der Waals surface area contributed by atoms with E-state index in [2.05, 4.69) is 117 Å². The van der Waals surface area contributed by atoms with Crippen molar-refractivity contribution in [2.75, 3.05) is 0 Å². The Morgan fingerprint density at radius 1 is 0.613 bits per heavy atom. The Balaban J connectivity index is 0. The maximum absolute atomic E-state index is 3.06. The fourth-order valence-electron chi connectivity index (χ4n) is 3.36. The molecule has 5 aromatic rings. The van der Waals surface area contributed by atoms with Crippen LogP contribution in [0.4, 0.5) is 0 Å². The second kappa shape index (κ2) is 16.2. The van der Waals surface area contributed by atoms with Gasteiger partial charge in [-0.3, -0.25) is 0 Å². The van der Waals surface area contributed by atoms with Crippen LogP contribution in [-0.2, 0) is 23.3 Å². The minimum absolute atomic E-state index is 0. The molecule has 0 atom stereocenters. The third-order valence-corrected chi connectivity index (χ3v) is 4.66. The maximum Gasteiger partial charge on any atom is -0.0279 e. The summed E-state index contributed by atoms with van der Waals surface area (Å²) in [6.07, 6.45) is 0. The van der Waals surface area contributed by atoms with Crippen molar-refractivity contribution in [2.45, 2.75) is 6.92 Å². The molecular formula is C27H28Cl2SiZr-4. The Labute approximate surface area is 216 Å². The number of hydrogen-bond donors (Lipinski definition) is 0. The topological polar surface area (TPSA) is 0 Å². The van der Waals surface area contributed by atoms with Crippen LogP contribution in [0.3, 0.4) is 0 Å². The van der Waals surface area contributed by atoms with Gasteiger partial charge in [0.1, 0.15) is 0 Å². The Bertz CT molecular complexity index is 1130. The molecule has 0 aromatic heterocycles. The van der Waals surface area contributed by atoms with Crippen molar-refractivity contribution in [3.05, 3.63) is 124 Å². The van der Waals surface area contributed by atoms with Crippen molar-refractivity contribution in [2.24, 2.45) is 0 Å². The summed E-state index contributed by atoms with van der Waals surface area (Å²) in [6, 6.07) is 36.2. The van der Waals surface area contributed by atoms with Crippen molar-refractivity contribution in [3.8, 4) is 11.1 Å². The van der Waals surface area contributed by atoms with E-state index in [0.717, 1.165) is 0 Å². The van der Waals surface area contributed by atoms with Crippen molar-refractivity contribution in [1.82, 2.24) is 0 Å². The average molecular weight is 543 g/mol. The third-order valence-electron chi connectivity index (χ3n) is 4.66. The molecule has 0 amide bonds. The number of aryl methyl sites for hydroxylation is 1. The first-order chi connectivity index (χ1) is 13.3. The molecule has 0 nitrogen and oxygen atoms in total. The molecule has 0 aliphatic carbocycles. The summed E-state index contributed by atoms with van der Waals surface area (Å²) in [4.78, 5) is 0. The van der Waals surface area contributed by atoms with E-state index in [0.29, 0.717) is 0 Å². The molecule has 2 radical (unpaired) electrons. The van der Waals surface area contributed by atoms with Gasteiger partial charge in [0.05, 0.1) is 0 Å². The summed E-state index contributed by atoms with van der Waals surface area (Å²) < 4.78 is 0. The zero-order chi connectivity index (χ0) is 19.1. The molecule has 162 valence electrons. The van der Waals surface area contributed by atoms with E-state index in [1.54, 1.807) is 0 Å². The summed E-state index contributed by atoms with van der Waals surface area (Å²) in [5, 5.41) is 5.38. The first kappa shape index (κ1) is 31.7. The van der Waals surface area contributed by atoms with Crippen LogP contribution in [0.15, 0.2) is 103 Å². The normalized spacial score (nSPS) is 8.65. The van der Waals surface area contributed by atoms with E-state index in [1.165, 1.54) is 61.6 Å². The Morgan fingerprint density at radius 2 is 1.13 bits per heavy atom. The molecule has 5 rings (SSSR count). The summed E-state index contributed by atoms with van der Waals surface area (Å²) >= 11 is 1.36. The molecule has 31 heavy (non-hydrogen) atoms. The van der Waals surface area contributed by atoms with Gasteiger partial charge in [-0.25, -0.2) is 0 Å². The average Bonchev–Trinajstić information content (AvgIpc) is 3.40. The van der Waals surface area contributed by atoms with Gasteiger partial charge in [-0.05, 0) is 12.5 Å². The van der Waals surface area contributed by atoms with E-state index in [9.17, 15) is 0 Å². The van der Waals surface area contributed by atoms with Crippen molar-refractivity contribution >= 4 is 53.2 Å². The standard InChI is InChI=1S/C15H11.C10H9.2CH3.2ClH.Si.Zr/c1-2-6-12(7-3-1)14-10-4-8-13-9-5-11-15(13)14;1-8-4-2-5-9-6-3-7-10(8)9;;;;;;/h1-11H;2-7H,1H3;2*1H3;2*1H;;/q4*-1;;;;. The molecule has 0 aliphatic rings. The SMILES string of the molecule is Cc1cccc2[cH-]ccc12.Cl.Cl.[CH3-].[CH3-].[Si]=[Zr].c1ccc(-c2cccc3[cH-]ccc23)cc1. The van der Waals surface area contributed by atoms with Gasteiger partial charge in [0.15, 0.2) is 0 Å². The molecule has 0 saturated heterocycles. The smallest absolute Gasteiger partial charge is 0.0279 e. The quantitative estimate of drug-likeness (QED) is 0.147. The predicted octanol–water partition coefficient (Wildman–Crippen LogP) is 8.45. The van der Waals surface area contributed by atoms with Crippen molar-refractivity contribution in [1.29, 1.82) is 0 Å². The number of hydrogen-bond acceptors (Lipinski definition) is 0. The summed E-state index contributed by atoms with van der Waals surface area (Å²) in [5.41, 5.74) is 3.97. The number of benzene rings is 3. The number of fused-ring (bicyclic) bond motifs is 2. The molecule has 0 fully saturated rings. The third kappa shape index (κ3) is 7.88. The zero-order valence-corrected chi connectivity index (χ0v) is 23.2. The minimum atomic E-state index is 0. The van der Waals surface area contributed by atoms with Crippen LogP contribution < -0.4 is 0 Å². The zero-order valence-electron chi connectivity index (χ0n) is 18.1. The predicted molar refractivity (Wildman–Crippen MR) is 142 cm³/mol. The largest absolute Gasteiger partial charge is 0.168 e. The maximum atomic E-state index is 3.06. The first-order valence-corrected chi connectivity index (χ1v) is 13.1. The number of halogens is 2. The van der Waals surface area contributed by atoms with E-state index >= 15 is 0 Å². The van der Waals surface area contributed by atoms with Gasteiger partial charge in [-0.2, -0.15) is 24.3 Å². The Hall–Kier alpha value is -1.44. The van der Waals surface area contributed by atoms with E-state index in [1.807, 2.05) is 0 Å². The van der Waals surface area contributed by atoms with Crippen molar-refractivity contribution in [3.63, 3.8) is 0 Å². The van der Waals surface area contributed by atoms with Gasteiger partial charge < -0.3 is 14.9 Å². The summed E-state index contributed by atoms with van der Waals surface area (Å²) in [7, 11) is 0. The molecule has 0 heterocycles. The van der Waals surface area contributed by atoms with Gasteiger partial charge >= 0.3 is 30.2 Å². The van der Waals surface area contributed by atoms with Gasteiger partial charge in [-0.1, -0.05) is 53.6 Å². The van der Waals surface area contributed by atoms with E-state index in [4.69, 9.17) is 0 Å². The Kier molecular flexibility index (Phi) is 16.6. The molecule has 0 bridgehead atoms. The number of rotatable bonds is 1.